The van der Waals surface area contributed by atoms with Crippen molar-refractivity contribution in [2.24, 2.45) is 0 Å². The Balaban J connectivity index is 1.77. The van der Waals surface area contributed by atoms with Crippen LogP contribution in [0.1, 0.15) is 22.6 Å². The van der Waals surface area contributed by atoms with Crippen LogP contribution in [0.3, 0.4) is 0 Å². The summed E-state index contributed by atoms with van der Waals surface area (Å²) >= 11 is 1.65. The van der Waals surface area contributed by atoms with Crippen LogP contribution < -0.4 is 5.32 Å². The molecule has 1 unspecified atom stereocenters. The van der Waals surface area contributed by atoms with Crippen molar-refractivity contribution in [2.45, 2.75) is 25.8 Å². The molecule has 8 nitrogen and oxygen atoms in total. The number of sulfonamides is 1. The van der Waals surface area contributed by atoms with Gasteiger partial charge in [-0.1, -0.05) is 6.07 Å². The molecular formula is C15H21N5O3S2. The van der Waals surface area contributed by atoms with E-state index in [9.17, 15) is 13.2 Å². The second-order valence-electron chi connectivity index (χ2n) is 6.04. The molecule has 0 spiro atoms. The molecule has 0 aromatic carbocycles. The minimum Gasteiger partial charge on any atom is -0.354 e. The minimum absolute atomic E-state index is 0.0928. The maximum Gasteiger partial charge on any atom is 0.244 e. The Bertz CT molecular complexity index is 845. The van der Waals surface area contributed by atoms with Gasteiger partial charge < -0.3 is 9.88 Å². The van der Waals surface area contributed by atoms with E-state index in [1.807, 2.05) is 17.5 Å². The Morgan fingerprint density at radius 1 is 1.44 bits per heavy atom. The molecule has 1 amide bonds. The van der Waals surface area contributed by atoms with Crippen LogP contribution in [0.4, 0.5) is 0 Å². The van der Waals surface area contributed by atoms with Crippen molar-refractivity contribution in [3.8, 4) is 0 Å². The number of carbonyl (C=O) groups excluding carboxylic acids is 1. The summed E-state index contributed by atoms with van der Waals surface area (Å²) in [5.74, 6) is 1.04. The molecule has 1 aliphatic rings. The summed E-state index contributed by atoms with van der Waals surface area (Å²) in [4.78, 5) is 14.0. The van der Waals surface area contributed by atoms with Crippen molar-refractivity contribution >= 4 is 27.3 Å². The van der Waals surface area contributed by atoms with Crippen molar-refractivity contribution in [1.29, 1.82) is 0 Å². The van der Waals surface area contributed by atoms with Gasteiger partial charge in [-0.2, -0.15) is 4.31 Å². The topological polar surface area (TPSA) is 97.2 Å². The van der Waals surface area contributed by atoms with Crippen LogP contribution in [0.25, 0.3) is 0 Å². The molecule has 0 fully saturated rings. The highest BCUT2D eigenvalue weighted by Gasteiger charge is 2.33. The largest absolute Gasteiger partial charge is 0.354 e. The highest BCUT2D eigenvalue weighted by atomic mass is 32.2. The first-order chi connectivity index (χ1) is 11.9. The molecule has 0 saturated carbocycles. The normalized spacial score (nSPS) is 18.6. The molecule has 3 rings (SSSR count). The van der Waals surface area contributed by atoms with E-state index in [0.29, 0.717) is 31.2 Å². The summed E-state index contributed by atoms with van der Waals surface area (Å²) in [5, 5.41) is 13.1. The highest BCUT2D eigenvalue weighted by Crippen LogP contribution is 2.21. The van der Waals surface area contributed by atoms with Gasteiger partial charge in [0.2, 0.25) is 15.9 Å². The number of hydrogen-bond acceptors (Lipinski definition) is 6. The first-order valence-electron chi connectivity index (χ1n) is 8.02. The predicted molar refractivity (Wildman–Crippen MR) is 94.9 cm³/mol. The lowest BCUT2D eigenvalue weighted by molar-refractivity contribution is -0.124. The first kappa shape index (κ1) is 18.0. The number of carbonyl (C=O) groups is 1. The summed E-state index contributed by atoms with van der Waals surface area (Å²) < 4.78 is 27.1. The molecule has 1 aliphatic heterocycles. The van der Waals surface area contributed by atoms with Crippen molar-refractivity contribution in [1.82, 2.24) is 24.4 Å². The summed E-state index contributed by atoms with van der Waals surface area (Å²) in [6.07, 6.45) is 2.35. The van der Waals surface area contributed by atoms with Gasteiger partial charge in [-0.05, 0) is 24.8 Å². The van der Waals surface area contributed by atoms with Gasteiger partial charge in [0.15, 0.2) is 0 Å². The number of rotatable bonds is 5. The lowest BCUT2D eigenvalue weighted by atomic mass is 10.2. The van der Waals surface area contributed by atoms with Crippen LogP contribution in [0, 0.1) is 6.92 Å². The monoisotopic (exact) mass is 383 g/mol. The zero-order valence-electron chi connectivity index (χ0n) is 14.2. The molecule has 0 bridgehead atoms. The minimum atomic E-state index is -3.39. The number of nitrogens with one attached hydrogen (secondary N) is 1. The third-order valence-corrected chi connectivity index (χ3v) is 6.44. The van der Waals surface area contributed by atoms with Crippen LogP contribution >= 0.6 is 11.3 Å². The molecule has 2 aromatic rings. The maximum atomic E-state index is 12.8. The van der Waals surface area contributed by atoms with E-state index < -0.39 is 16.1 Å². The zero-order chi connectivity index (χ0) is 18.0. The number of amides is 1. The van der Waals surface area contributed by atoms with Crippen molar-refractivity contribution in [3.63, 3.8) is 0 Å². The van der Waals surface area contributed by atoms with E-state index in [4.69, 9.17) is 0 Å². The number of hydrogen-bond donors (Lipinski definition) is 1. The predicted octanol–water partition coefficient (Wildman–Crippen LogP) is 0.366. The lowest BCUT2D eigenvalue weighted by Crippen LogP contribution is -2.42. The van der Waals surface area contributed by atoms with Gasteiger partial charge in [0.25, 0.3) is 0 Å². The highest BCUT2D eigenvalue weighted by molar-refractivity contribution is 7.88. The molecule has 1 atom stereocenters. The Labute approximate surface area is 150 Å². The standard InChI is InChI=1S/C15H21N5O3S2/c1-11-17-18-14-6-8-19(25(2,22)23)10-13(20(11)14)15(21)16-7-5-12-4-3-9-24-12/h3-4,9,13H,5-8,10H2,1-2H3,(H,16,21). The molecule has 2 aromatic heterocycles. The Morgan fingerprint density at radius 3 is 2.92 bits per heavy atom. The van der Waals surface area contributed by atoms with Crippen molar-refractivity contribution in [2.75, 3.05) is 25.9 Å². The number of aromatic nitrogens is 3. The van der Waals surface area contributed by atoms with Crippen LogP contribution in [-0.4, -0.2) is 59.3 Å². The summed E-state index contributed by atoms with van der Waals surface area (Å²) in [7, 11) is -3.39. The Kier molecular flexibility index (Phi) is 5.21. The number of nitrogens with zero attached hydrogens (tertiary/aromatic N) is 4. The average molecular weight is 383 g/mol. The van der Waals surface area contributed by atoms with Crippen LogP contribution in [-0.2, 0) is 27.7 Å². The molecule has 0 radical (unpaired) electrons. The van der Waals surface area contributed by atoms with Crippen molar-refractivity contribution < 1.29 is 13.2 Å². The molecule has 10 heteroatoms. The maximum absolute atomic E-state index is 12.8. The van der Waals surface area contributed by atoms with Gasteiger partial charge in [-0.15, -0.1) is 21.5 Å². The number of aryl methyl sites for hydroxylation is 1. The smallest absolute Gasteiger partial charge is 0.244 e. The second-order valence-corrected chi connectivity index (χ2v) is 9.06. The molecule has 1 N–H and O–H groups in total. The van der Waals surface area contributed by atoms with Crippen LogP contribution in [0.5, 0.6) is 0 Å². The van der Waals surface area contributed by atoms with Crippen LogP contribution in [0.15, 0.2) is 17.5 Å². The summed E-state index contributed by atoms with van der Waals surface area (Å²) in [6, 6.07) is 3.34. The molecule has 136 valence electrons. The fourth-order valence-electron chi connectivity index (χ4n) is 2.96. The molecule has 0 aliphatic carbocycles. The molecule has 0 saturated heterocycles. The van der Waals surface area contributed by atoms with E-state index >= 15 is 0 Å². The molecule has 3 heterocycles. The van der Waals surface area contributed by atoms with Gasteiger partial charge in [0, 0.05) is 30.9 Å². The molecular weight excluding hydrogens is 362 g/mol. The van der Waals surface area contributed by atoms with Gasteiger partial charge in [0.1, 0.15) is 17.7 Å². The summed E-state index contributed by atoms with van der Waals surface area (Å²) in [6.45, 7) is 2.68. The fraction of sp³-hybridized carbons (Fsp3) is 0.533. The summed E-state index contributed by atoms with van der Waals surface area (Å²) in [5.41, 5.74) is 0. The van der Waals surface area contributed by atoms with Crippen molar-refractivity contribution in [3.05, 3.63) is 34.0 Å². The van der Waals surface area contributed by atoms with E-state index in [-0.39, 0.29) is 12.5 Å². The van der Waals surface area contributed by atoms with Crippen LogP contribution in [0.2, 0.25) is 0 Å². The van der Waals surface area contributed by atoms with E-state index in [1.54, 1.807) is 22.8 Å². The van der Waals surface area contributed by atoms with Gasteiger partial charge in [-0.25, -0.2) is 8.42 Å². The van der Waals surface area contributed by atoms with E-state index in [1.165, 1.54) is 9.18 Å². The Morgan fingerprint density at radius 2 is 2.24 bits per heavy atom. The SMILES string of the molecule is Cc1nnc2n1C(C(=O)NCCc1cccs1)CN(S(C)(=O)=O)CC2. The Hall–Kier alpha value is -1.78. The first-order valence-corrected chi connectivity index (χ1v) is 10.7. The zero-order valence-corrected chi connectivity index (χ0v) is 15.8. The van der Waals surface area contributed by atoms with E-state index in [2.05, 4.69) is 15.5 Å². The second kappa shape index (κ2) is 7.22. The quantitative estimate of drug-likeness (QED) is 0.804. The van der Waals surface area contributed by atoms with Gasteiger partial charge in [0.05, 0.1) is 6.26 Å². The third kappa shape index (κ3) is 4.07. The van der Waals surface area contributed by atoms with Gasteiger partial charge >= 0.3 is 0 Å². The van der Waals surface area contributed by atoms with E-state index in [0.717, 1.165) is 12.7 Å². The van der Waals surface area contributed by atoms with Gasteiger partial charge in [-0.3, -0.25) is 4.79 Å². The number of thiophene rings is 1. The fourth-order valence-corrected chi connectivity index (χ4v) is 4.51. The molecule has 25 heavy (non-hydrogen) atoms. The average Bonchev–Trinajstić information content (AvgIpc) is 3.12. The number of fused-ring (bicyclic) bond motifs is 1. The lowest BCUT2D eigenvalue weighted by Gasteiger charge is -2.23. The third-order valence-electron chi connectivity index (χ3n) is 4.23.